The van der Waals surface area contributed by atoms with E-state index in [1.165, 1.54) is 12.8 Å². The Morgan fingerprint density at radius 3 is 2.73 bits per heavy atom. The average Bonchev–Trinajstić information content (AvgIpc) is 3.29. The van der Waals surface area contributed by atoms with Crippen molar-refractivity contribution in [1.29, 1.82) is 0 Å². The van der Waals surface area contributed by atoms with Crippen molar-refractivity contribution in [2.24, 2.45) is 10.9 Å². The number of hydrogen-bond acceptors (Lipinski definition) is 3. The highest BCUT2D eigenvalue weighted by Crippen LogP contribution is 2.27. The fourth-order valence-corrected chi connectivity index (χ4v) is 1.83. The zero-order valence-corrected chi connectivity index (χ0v) is 15.4. The van der Waals surface area contributed by atoms with Crippen LogP contribution in [0.5, 0.6) is 0 Å². The Balaban J connectivity index is 0.00000242. The minimum absolute atomic E-state index is 0. The number of rotatable bonds is 6. The van der Waals surface area contributed by atoms with Crippen molar-refractivity contribution in [3.63, 3.8) is 0 Å². The van der Waals surface area contributed by atoms with E-state index in [4.69, 9.17) is 0 Å². The summed E-state index contributed by atoms with van der Waals surface area (Å²) in [6.45, 7) is 3.46. The molecule has 0 aromatic carbocycles. The molecule has 0 aliphatic heterocycles. The van der Waals surface area contributed by atoms with Gasteiger partial charge in [0.2, 0.25) is 5.91 Å². The van der Waals surface area contributed by atoms with E-state index in [9.17, 15) is 4.79 Å². The van der Waals surface area contributed by atoms with Crippen molar-refractivity contribution in [1.82, 2.24) is 15.6 Å². The largest absolute Gasteiger partial charge is 0.356 e. The first kappa shape index (κ1) is 18.7. The molecule has 0 unspecified atom stereocenters. The van der Waals surface area contributed by atoms with E-state index in [1.807, 2.05) is 13.0 Å². The summed E-state index contributed by atoms with van der Waals surface area (Å²) in [4.78, 5) is 20.1. The number of guanidine groups is 1. The highest BCUT2D eigenvalue weighted by atomic mass is 127. The second-order valence-corrected chi connectivity index (χ2v) is 5.34. The quantitative estimate of drug-likeness (QED) is 0.376. The van der Waals surface area contributed by atoms with Crippen LogP contribution in [0.4, 0.5) is 5.82 Å². The van der Waals surface area contributed by atoms with Crippen LogP contribution in [-0.4, -0.2) is 37.0 Å². The molecule has 1 saturated carbocycles. The van der Waals surface area contributed by atoms with Gasteiger partial charge < -0.3 is 16.0 Å². The molecule has 0 saturated heterocycles. The second kappa shape index (κ2) is 9.60. The zero-order valence-electron chi connectivity index (χ0n) is 13.1. The first-order valence-corrected chi connectivity index (χ1v) is 7.34. The van der Waals surface area contributed by atoms with Gasteiger partial charge in [0.25, 0.3) is 0 Å². The average molecular weight is 417 g/mol. The third-order valence-corrected chi connectivity index (χ3v) is 3.30. The first-order valence-electron chi connectivity index (χ1n) is 7.34. The summed E-state index contributed by atoms with van der Waals surface area (Å²) in [5.74, 6) is 2.07. The molecule has 6 nitrogen and oxygen atoms in total. The summed E-state index contributed by atoms with van der Waals surface area (Å²) in [5.41, 5.74) is 1.07. The number of halogens is 1. The zero-order chi connectivity index (χ0) is 15.1. The number of pyridine rings is 1. The third-order valence-electron chi connectivity index (χ3n) is 3.30. The Labute approximate surface area is 148 Å². The molecule has 0 radical (unpaired) electrons. The van der Waals surface area contributed by atoms with Gasteiger partial charge in [-0.15, -0.1) is 24.0 Å². The number of nitrogens with one attached hydrogen (secondary N) is 3. The number of aromatic nitrogens is 1. The maximum absolute atomic E-state index is 11.8. The van der Waals surface area contributed by atoms with Gasteiger partial charge in [0, 0.05) is 32.8 Å². The van der Waals surface area contributed by atoms with Gasteiger partial charge in [0.1, 0.15) is 5.82 Å². The van der Waals surface area contributed by atoms with Gasteiger partial charge in [0.15, 0.2) is 5.96 Å². The molecule has 1 amide bonds. The van der Waals surface area contributed by atoms with Crippen LogP contribution in [0.25, 0.3) is 0 Å². The van der Waals surface area contributed by atoms with Gasteiger partial charge in [-0.25, -0.2) is 4.98 Å². The lowest BCUT2D eigenvalue weighted by molar-refractivity contribution is -0.116. The van der Waals surface area contributed by atoms with E-state index in [0.29, 0.717) is 18.8 Å². The Morgan fingerprint density at radius 2 is 2.14 bits per heavy atom. The molecule has 122 valence electrons. The Morgan fingerprint density at radius 1 is 1.36 bits per heavy atom. The third kappa shape index (κ3) is 7.06. The van der Waals surface area contributed by atoms with Crippen LogP contribution in [0.2, 0.25) is 0 Å². The molecule has 0 spiro atoms. The Bertz CT molecular complexity index is 499. The van der Waals surface area contributed by atoms with Gasteiger partial charge in [-0.05, 0) is 37.3 Å². The lowest BCUT2D eigenvalue weighted by Crippen LogP contribution is -2.39. The van der Waals surface area contributed by atoms with Crippen LogP contribution in [0.3, 0.4) is 0 Å². The van der Waals surface area contributed by atoms with E-state index >= 15 is 0 Å². The summed E-state index contributed by atoms with van der Waals surface area (Å²) in [6, 6.07) is 3.72. The maximum atomic E-state index is 11.8. The minimum atomic E-state index is -0.0588. The topological polar surface area (TPSA) is 78.4 Å². The van der Waals surface area contributed by atoms with Crippen LogP contribution < -0.4 is 16.0 Å². The predicted octanol–water partition coefficient (Wildman–Crippen LogP) is 1.91. The first-order chi connectivity index (χ1) is 10.2. The number of carbonyl (C=O) groups excluding carboxylic acids is 1. The Kier molecular flexibility index (Phi) is 8.15. The smallest absolute Gasteiger partial charge is 0.227 e. The van der Waals surface area contributed by atoms with Crippen LogP contribution in [0.1, 0.15) is 24.8 Å². The van der Waals surface area contributed by atoms with Gasteiger partial charge in [0.05, 0.1) is 0 Å². The molecular formula is C15H24IN5O. The lowest BCUT2D eigenvalue weighted by atomic mass is 10.3. The summed E-state index contributed by atoms with van der Waals surface area (Å²) in [7, 11) is 1.73. The number of anilines is 1. The fourth-order valence-electron chi connectivity index (χ4n) is 1.83. The predicted molar refractivity (Wildman–Crippen MR) is 99.7 cm³/mol. The van der Waals surface area contributed by atoms with E-state index in [1.54, 1.807) is 19.3 Å². The molecule has 1 fully saturated rings. The van der Waals surface area contributed by atoms with Crippen LogP contribution in [-0.2, 0) is 4.79 Å². The number of hydrogen-bond donors (Lipinski definition) is 3. The molecule has 1 aromatic heterocycles. The fraction of sp³-hybridized carbons (Fsp3) is 0.533. The lowest BCUT2D eigenvalue weighted by Gasteiger charge is -2.11. The maximum Gasteiger partial charge on any atom is 0.227 e. The van der Waals surface area contributed by atoms with Crippen molar-refractivity contribution >= 4 is 41.7 Å². The van der Waals surface area contributed by atoms with Crippen molar-refractivity contribution < 1.29 is 4.79 Å². The molecule has 0 atom stereocenters. The van der Waals surface area contributed by atoms with Crippen molar-refractivity contribution in [3.05, 3.63) is 23.9 Å². The molecular weight excluding hydrogens is 393 g/mol. The van der Waals surface area contributed by atoms with Gasteiger partial charge in [-0.2, -0.15) is 0 Å². The van der Waals surface area contributed by atoms with Crippen LogP contribution in [0.15, 0.2) is 23.3 Å². The minimum Gasteiger partial charge on any atom is -0.356 e. The number of nitrogens with zero attached hydrogens (tertiary/aromatic N) is 2. The van der Waals surface area contributed by atoms with E-state index in [-0.39, 0.29) is 29.9 Å². The number of aliphatic imine (C=N–C) groups is 1. The molecule has 22 heavy (non-hydrogen) atoms. The molecule has 3 N–H and O–H groups in total. The molecule has 1 heterocycles. The number of carbonyl (C=O) groups is 1. The summed E-state index contributed by atoms with van der Waals surface area (Å²) in [5, 5.41) is 9.16. The molecule has 1 aromatic rings. The molecule has 0 bridgehead atoms. The van der Waals surface area contributed by atoms with Gasteiger partial charge in [-0.3, -0.25) is 9.79 Å². The molecule has 2 rings (SSSR count). The second-order valence-electron chi connectivity index (χ2n) is 5.34. The molecule has 1 aliphatic rings. The summed E-state index contributed by atoms with van der Waals surface area (Å²) >= 11 is 0. The van der Waals surface area contributed by atoms with Crippen molar-refractivity contribution in [2.45, 2.75) is 26.2 Å². The van der Waals surface area contributed by atoms with E-state index in [0.717, 1.165) is 24.0 Å². The van der Waals surface area contributed by atoms with Crippen LogP contribution >= 0.6 is 24.0 Å². The van der Waals surface area contributed by atoms with E-state index < -0.39 is 0 Å². The summed E-state index contributed by atoms with van der Waals surface area (Å²) in [6.07, 6.45) is 4.71. The van der Waals surface area contributed by atoms with Crippen LogP contribution in [0, 0.1) is 12.8 Å². The monoisotopic (exact) mass is 417 g/mol. The van der Waals surface area contributed by atoms with Gasteiger partial charge >= 0.3 is 0 Å². The molecule has 7 heteroatoms. The highest BCUT2D eigenvalue weighted by molar-refractivity contribution is 14.0. The normalized spacial score (nSPS) is 14.0. The standard InChI is InChI=1S/C15H23N5O.HI/c1-11-3-6-13(18-9-11)20-14(21)7-8-17-15(16-2)19-10-12-4-5-12;/h3,6,9,12H,4-5,7-8,10H2,1-2H3,(H2,16,17,19)(H,18,20,21);1H. The highest BCUT2D eigenvalue weighted by Gasteiger charge is 2.20. The van der Waals surface area contributed by atoms with Crippen molar-refractivity contribution in [3.8, 4) is 0 Å². The van der Waals surface area contributed by atoms with E-state index in [2.05, 4.69) is 25.9 Å². The molecule has 1 aliphatic carbocycles. The SMILES string of the molecule is CN=C(NCCC(=O)Nc1ccc(C)cn1)NCC1CC1.I. The summed E-state index contributed by atoms with van der Waals surface area (Å²) < 4.78 is 0. The number of aryl methyl sites for hydroxylation is 1. The van der Waals surface area contributed by atoms with Gasteiger partial charge in [-0.1, -0.05) is 6.07 Å². The van der Waals surface area contributed by atoms with Crippen molar-refractivity contribution in [2.75, 3.05) is 25.5 Å². The Hall–Kier alpha value is -1.38. The number of amides is 1.